The zero-order valence-corrected chi connectivity index (χ0v) is 10.4. The van der Waals surface area contributed by atoms with Gasteiger partial charge < -0.3 is 0 Å². The summed E-state index contributed by atoms with van der Waals surface area (Å²) in [7, 11) is 0. The Balaban J connectivity index is 3.22. The van der Waals surface area contributed by atoms with Crippen molar-refractivity contribution in [2.75, 3.05) is 0 Å². The van der Waals surface area contributed by atoms with Crippen molar-refractivity contribution >= 4 is 16.8 Å². The molecule has 0 aromatic heterocycles. The smallest absolute Gasteiger partial charge is 0.232 e. The molecule has 0 aliphatic rings. The van der Waals surface area contributed by atoms with Crippen LogP contribution >= 0.6 is 11.6 Å². The second-order valence-corrected chi connectivity index (χ2v) is 4.84. The first-order chi connectivity index (χ1) is 6.89. The lowest BCUT2D eigenvalue weighted by atomic mass is 9.74. The molecule has 1 rings (SSSR count). The van der Waals surface area contributed by atoms with E-state index in [2.05, 4.69) is 0 Å². The van der Waals surface area contributed by atoms with Gasteiger partial charge in [-0.25, -0.2) is 0 Å². The van der Waals surface area contributed by atoms with E-state index in [1.807, 2.05) is 52.0 Å². The lowest BCUT2D eigenvalue weighted by molar-refractivity contribution is -0.117. The average molecular weight is 225 g/mol. The lowest BCUT2D eigenvalue weighted by Gasteiger charge is -2.30. The summed E-state index contributed by atoms with van der Waals surface area (Å²) in [5.74, 6) is 0.185. The Morgan fingerprint density at radius 1 is 1.27 bits per heavy atom. The highest BCUT2D eigenvalue weighted by Gasteiger charge is 2.36. The van der Waals surface area contributed by atoms with E-state index in [9.17, 15) is 4.79 Å². The van der Waals surface area contributed by atoms with E-state index in [-0.39, 0.29) is 11.2 Å². The number of hydrogen-bond acceptors (Lipinski definition) is 1. The summed E-state index contributed by atoms with van der Waals surface area (Å²) in [5.41, 5.74) is 1.59. The fourth-order valence-electron chi connectivity index (χ4n) is 1.57. The van der Waals surface area contributed by atoms with Crippen LogP contribution in [0.5, 0.6) is 0 Å². The van der Waals surface area contributed by atoms with Crippen LogP contribution in [0.15, 0.2) is 24.3 Å². The number of rotatable bonds is 3. The summed E-state index contributed by atoms with van der Waals surface area (Å²) in [4.78, 5) is 11.6. The van der Waals surface area contributed by atoms with Crippen molar-refractivity contribution in [2.45, 2.75) is 33.1 Å². The predicted molar refractivity (Wildman–Crippen MR) is 64.2 cm³/mol. The topological polar surface area (TPSA) is 17.1 Å². The molecule has 0 bridgehead atoms. The summed E-state index contributed by atoms with van der Waals surface area (Å²) in [5, 5.41) is -0.290. The van der Waals surface area contributed by atoms with Gasteiger partial charge in [0.05, 0.1) is 5.41 Å². The van der Waals surface area contributed by atoms with Crippen LogP contribution in [0.3, 0.4) is 0 Å². The molecule has 0 aliphatic heterocycles. The van der Waals surface area contributed by atoms with Gasteiger partial charge in [0.2, 0.25) is 5.24 Å². The van der Waals surface area contributed by atoms with Crippen molar-refractivity contribution in [1.82, 2.24) is 0 Å². The second-order valence-electron chi connectivity index (χ2n) is 4.50. The predicted octanol–water partition coefficient (Wildman–Crippen LogP) is 3.67. The van der Waals surface area contributed by atoms with Crippen LogP contribution in [0.4, 0.5) is 0 Å². The van der Waals surface area contributed by atoms with Crippen molar-refractivity contribution in [3.05, 3.63) is 35.4 Å². The monoisotopic (exact) mass is 224 g/mol. The highest BCUT2D eigenvalue weighted by atomic mass is 35.5. The van der Waals surface area contributed by atoms with E-state index in [0.717, 1.165) is 5.56 Å². The summed E-state index contributed by atoms with van der Waals surface area (Å²) < 4.78 is 0. The molecule has 0 spiro atoms. The quantitative estimate of drug-likeness (QED) is 0.716. The number of hydrogen-bond donors (Lipinski definition) is 0. The van der Waals surface area contributed by atoms with Crippen molar-refractivity contribution in [3.8, 4) is 0 Å². The molecule has 1 nitrogen and oxygen atoms in total. The van der Waals surface area contributed by atoms with Crippen LogP contribution in [0.1, 0.15) is 31.9 Å². The number of carbonyl (C=O) groups is 1. The maximum atomic E-state index is 11.6. The Bertz CT molecular complexity index is 353. The summed E-state index contributed by atoms with van der Waals surface area (Å²) in [6.07, 6.45) is 0. The first-order valence-corrected chi connectivity index (χ1v) is 5.54. The molecule has 1 unspecified atom stereocenters. The standard InChI is InChI=1S/C13H17ClO/c1-9(2)13(4,12(14)15)11-7-5-10(3)6-8-11/h5-9H,1-4H3. The fourth-order valence-corrected chi connectivity index (χ4v) is 1.90. The highest BCUT2D eigenvalue weighted by Crippen LogP contribution is 2.34. The molecular weight excluding hydrogens is 208 g/mol. The molecule has 15 heavy (non-hydrogen) atoms. The lowest BCUT2D eigenvalue weighted by Crippen LogP contribution is -2.34. The van der Waals surface area contributed by atoms with Gasteiger partial charge in [0.25, 0.3) is 0 Å². The molecule has 1 aromatic rings. The Morgan fingerprint density at radius 3 is 2.07 bits per heavy atom. The van der Waals surface area contributed by atoms with Gasteiger partial charge in [-0.3, -0.25) is 4.79 Å². The molecule has 0 amide bonds. The Hall–Kier alpha value is -0.820. The molecule has 0 radical (unpaired) electrons. The molecule has 0 N–H and O–H groups in total. The molecule has 0 saturated heterocycles. The van der Waals surface area contributed by atoms with Gasteiger partial charge in [-0.2, -0.15) is 0 Å². The van der Waals surface area contributed by atoms with Crippen molar-refractivity contribution in [3.63, 3.8) is 0 Å². The van der Waals surface area contributed by atoms with E-state index >= 15 is 0 Å². The molecule has 0 fully saturated rings. The van der Waals surface area contributed by atoms with Crippen molar-refractivity contribution in [2.24, 2.45) is 5.92 Å². The molecule has 82 valence electrons. The van der Waals surface area contributed by atoms with E-state index in [0.29, 0.717) is 0 Å². The molecule has 0 saturated carbocycles. The molecule has 2 heteroatoms. The minimum absolute atomic E-state index is 0.185. The van der Waals surface area contributed by atoms with Gasteiger partial charge >= 0.3 is 0 Å². The van der Waals surface area contributed by atoms with Gasteiger partial charge in [0.1, 0.15) is 0 Å². The third-order valence-electron chi connectivity index (χ3n) is 3.21. The molecule has 0 heterocycles. The normalized spacial score (nSPS) is 15.1. The van der Waals surface area contributed by atoms with Crippen LogP contribution in [0.2, 0.25) is 0 Å². The van der Waals surface area contributed by atoms with E-state index in [1.165, 1.54) is 5.56 Å². The Kier molecular flexibility index (Phi) is 3.56. The van der Waals surface area contributed by atoms with Crippen LogP contribution in [0, 0.1) is 12.8 Å². The Labute approximate surface area is 96.5 Å². The summed E-state index contributed by atoms with van der Waals surface area (Å²) in [6, 6.07) is 7.98. The van der Waals surface area contributed by atoms with Crippen LogP contribution in [0.25, 0.3) is 0 Å². The van der Waals surface area contributed by atoms with Gasteiger partial charge in [0.15, 0.2) is 0 Å². The van der Waals surface area contributed by atoms with E-state index < -0.39 is 5.41 Å². The molecule has 1 atom stereocenters. The second kappa shape index (κ2) is 4.36. The van der Waals surface area contributed by atoms with E-state index in [1.54, 1.807) is 0 Å². The summed E-state index contributed by atoms with van der Waals surface area (Å²) in [6.45, 7) is 7.96. The number of aryl methyl sites for hydroxylation is 1. The first kappa shape index (κ1) is 12.3. The Morgan fingerprint density at radius 2 is 1.73 bits per heavy atom. The maximum absolute atomic E-state index is 11.6. The zero-order valence-electron chi connectivity index (χ0n) is 9.67. The van der Waals surface area contributed by atoms with Gasteiger partial charge in [0, 0.05) is 0 Å². The molecule has 1 aromatic carbocycles. The summed E-state index contributed by atoms with van der Waals surface area (Å²) >= 11 is 5.72. The first-order valence-electron chi connectivity index (χ1n) is 5.16. The van der Waals surface area contributed by atoms with Gasteiger partial charge in [-0.1, -0.05) is 43.7 Å². The van der Waals surface area contributed by atoms with Gasteiger partial charge in [-0.15, -0.1) is 0 Å². The SMILES string of the molecule is Cc1ccc(C(C)(C(=O)Cl)C(C)C)cc1. The molecule has 0 aliphatic carbocycles. The fraction of sp³-hybridized carbons (Fsp3) is 0.462. The average Bonchev–Trinajstić information content (AvgIpc) is 2.17. The minimum Gasteiger partial charge on any atom is -0.280 e. The van der Waals surface area contributed by atoms with Crippen LogP contribution in [-0.2, 0) is 10.2 Å². The van der Waals surface area contributed by atoms with Crippen molar-refractivity contribution < 1.29 is 4.79 Å². The number of carbonyl (C=O) groups excluding carboxylic acids is 1. The maximum Gasteiger partial charge on any atom is 0.232 e. The number of halogens is 1. The third kappa shape index (κ3) is 2.23. The largest absolute Gasteiger partial charge is 0.280 e. The molecular formula is C13H17ClO. The van der Waals surface area contributed by atoms with Crippen LogP contribution < -0.4 is 0 Å². The third-order valence-corrected chi connectivity index (χ3v) is 3.61. The van der Waals surface area contributed by atoms with Gasteiger partial charge in [-0.05, 0) is 36.9 Å². The van der Waals surface area contributed by atoms with Crippen molar-refractivity contribution in [1.29, 1.82) is 0 Å². The van der Waals surface area contributed by atoms with Crippen LogP contribution in [-0.4, -0.2) is 5.24 Å². The number of benzene rings is 1. The van der Waals surface area contributed by atoms with E-state index in [4.69, 9.17) is 11.6 Å². The minimum atomic E-state index is -0.588. The highest BCUT2D eigenvalue weighted by molar-refractivity contribution is 6.65. The zero-order chi connectivity index (χ0) is 11.6.